The Kier molecular flexibility index (Phi) is 2.52. The zero-order chi connectivity index (χ0) is 14.2. The molecule has 0 unspecified atom stereocenters. The van der Waals surface area contributed by atoms with E-state index in [4.69, 9.17) is 4.42 Å². The Labute approximate surface area is 121 Å². The largest absolute Gasteiger partial charge is 0.445 e. The first-order valence-electron chi connectivity index (χ1n) is 6.77. The van der Waals surface area contributed by atoms with Crippen molar-refractivity contribution >= 4 is 21.7 Å². The molecule has 1 heterocycles. The van der Waals surface area contributed by atoms with Crippen molar-refractivity contribution in [1.82, 2.24) is 0 Å². The molecule has 0 saturated heterocycles. The molecule has 21 heavy (non-hydrogen) atoms. The average molecular weight is 269 g/mol. The van der Waals surface area contributed by atoms with Gasteiger partial charge in [0.05, 0.1) is 0 Å². The highest BCUT2D eigenvalue weighted by Crippen LogP contribution is 2.36. The van der Waals surface area contributed by atoms with E-state index in [0.717, 1.165) is 32.9 Å². The number of furan rings is 1. The van der Waals surface area contributed by atoms with Crippen LogP contribution in [-0.4, -0.2) is 0 Å². The lowest BCUT2D eigenvalue weighted by Gasteiger charge is -2.00. The smallest absolute Gasteiger partial charge is 0.212 e. The minimum atomic E-state index is 0.367. The van der Waals surface area contributed by atoms with Crippen molar-refractivity contribution in [3.63, 3.8) is 0 Å². The summed E-state index contributed by atoms with van der Waals surface area (Å²) >= 11 is 0. The monoisotopic (exact) mass is 269 g/mol. The minimum Gasteiger partial charge on any atom is -0.445 e. The molecule has 1 aromatic heterocycles. The van der Waals surface area contributed by atoms with Gasteiger partial charge in [-0.25, -0.2) is 0 Å². The van der Waals surface area contributed by atoms with Crippen LogP contribution in [0.25, 0.3) is 32.9 Å². The number of hydrogen-bond donors (Lipinski definition) is 0. The van der Waals surface area contributed by atoms with Crippen LogP contribution in [0.5, 0.6) is 0 Å². The molecule has 0 bridgehead atoms. The van der Waals surface area contributed by atoms with Gasteiger partial charge in [0, 0.05) is 10.9 Å². The summed E-state index contributed by atoms with van der Waals surface area (Å²) in [4.78, 5) is 0. The summed E-state index contributed by atoms with van der Waals surface area (Å²) in [6.45, 7) is 0. The van der Waals surface area contributed by atoms with Gasteiger partial charge in [0.15, 0.2) is 0 Å². The normalized spacial score (nSPS) is 10.8. The SMILES string of the molecule is N#Cc1oc2cc3ccccc3cc2c1-c1ccccc1. The van der Waals surface area contributed by atoms with E-state index in [1.54, 1.807) is 0 Å². The van der Waals surface area contributed by atoms with Gasteiger partial charge in [-0.3, -0.25) is 0 Å². The first-order chi connectivity index (χ1) is 10.4. The molecule has 0 saturated carbocycles. The Balaban J connectivity index is 2.14. The van der Waals surface area contributed by atoms with Gasteiger partial charge < -0.3 is 4.42 Å². The van der Waals surface area contributed by atoms with E-state index in [9.17, 15) is 5.26 Å². The molecule has 2 heteroatoms. The van der Waals surface area contributed by atoms with Gasteiger partial charge in [-0.05, 0) is 28.5 Å². The molecule has 0 fully saturated rings. The highest BCUT2D eigenvalue weighted by molar-refractivity contribution is 6.04. The Morgan fingerprint density at radius 2 is 1.48 bits per heavy atom. The van der Waals surface area contributed by atoms with Crippen molar-refractivity contribution in [2.75, 3.05) is 0 Å². The van der Waals surface area contributed by atoms with Gasteiger partial charge in [0.25, 0.3) is 0 Å². The fraction of sp³-hybridized carbons (Fsp3) is 0. The first-order valence-corrected chi connectivity index (χ1v) is 6.77. The fourth-order valence-electron chi connectivity index (χ4n) is 2.75. The third-order valence-electron chi connectivity index (χ3n) is 3.72. The van der Waals surface area contributed by atoms with Crippen LogP contribution in [0.3, 0.4) is 0 Å². The summed E-state index contributed by atoms with van der Waals surface area (Å²) in [5.41, 5.74) is 2.63. The Hall–Kier alpha value is -3.05. The standard InChI is InChI=1S/C19H11NO/c20-12-18-19(13-6-2-1-3-7-13)16-10-14-8-4-5-9-15(14)11-17(16)21-18/h1-11H. The number of fused-ring (bicyclic) bond motifs is 2. The molecule has 0 aliphatic heterocycles. The Bertz CT molecular complexity index is 991. The number of hydrogen-bond acceptors (Lipinski definition) is 2. The van der Waals surface area contributed by atoms with E-state index in [1.807, 2.05) is 54.6 Å². The molecule has 0 amide bonds. The van der Waals surface area contributed by atoms with Crippen LogP contribution in [0.2, 0.25) is 0 Å². The predicted octanol–water partition coefficient (Wildman–Crippen LogP) is 5.12. The van der Waals surface area contributed by atoms with E-state index in [1.165, 1.54) is 0 Å². The first kappa shape index (κ1) is 11.7. The Morgan fingerprint density at radius 1 is 0.810 bits per heavy atom. The minimum absolute atomic E-state index is 0.367. The molecule has 0 aliphatic carbocycles. The second-order valence-corrected chi connectivity index (χ2v) is 4.98. The molecule has 0 atom stereocenters. The Morgan fingerprint density at radius 3 is 2.19 bits per heavy atom. The van der Waals surface area contributed by atoms with Crippen molar-refractivity contribution in [2.45, 2.75) is 0 Å². The molecular weight excluding hydrogens is 258 g/mol. The summed E-state index contributed by atoms with van der Waals surface area (Å²) in [5, 5.41) is 12.6. The number of rotatable bonds is 1. The van der Waals surface area contributed by atoms with Crippen LogP contribution < -0.4 is 0 Å². The van der Waals surface area contributed by atoms with Crippen LogP contribution in [0.1, 0.15) is 5.76 Å². The van der Waals surface area contributed by atoms with E-state index in [-0.39, 0.29) is 0 Å². The van der Waals surface area contributed by atoms with Crippen molar-refractivity contribution in [3.8, 4) is 17.2 Å². The zero-order valence-electron chi connectivity index (χ0n) is 11.2. The van der Waals surface area contributed by atoms with Crippen molar-refractivity contribution < 1.29 is 4.42 Å². The zero-order valence-corrected chi connectivity index (χ0v) is 11.2. The van der Waals surface area contributed by atoms with E-state index in [2.05, 4.69) is 18.2 Å². The lowest BCUT2D eigenvalue weighted by Crippen LogP contribution is -1.79. The van der Waals surface area contributed by atoms with E-state index < -0.39 is 0 Å². The summed E-state index contributed by atoms with van der Waals surface area (Å²) in [5.74, 6) is 0.367. The molecule has 2 nitrogen and oxygen atoms in total. The van der Waals surface area contributed by atoms with Crippen molar-refractivity contribution in [2.24, 2.45) is 0 Å². The maximum absolute atomic E-state index is 9.37. The molecular formula is C19H11NO. The van der Waals surface area contributed by atoms with Gasteiger partial charge in [0.2, 0.25) is 5.76 Å². The molecule has 4 aromatic rings. The quantitative estimate of drug-likeness (QED) is 0.480. The maximum atomic E-state index is 9.37. The van der Waals surface area contributed by atoms with Crippen LogP contribution in [0.15, 0.2) is 71.1 Å². The molecule has 98 valence electrons. The lowest BCUT2D eigenvalue weighted by molar-refractivity contribution is 0.601. The summed E-state index contributed by atoms with van der Waals surface area (Å²) < 4.78 is 5.75. The van der Waals surface area contributed by atoms with Gasteiger partial charge in [-0.15, -0.1) is 0 Å². The number of nitrogens with zero attached hydrogens (tertiary/aromatic N) is 1. The predicted molar refractivity (Wildman–Crippen MR) is 83.9 cm³/mol. The van der Waals surface area contributed by atoms with Crippen molar-refractivity contribution in [1.29, 1.82) is 5.26 Å². The second-order valence-electron chi connectivity index (χ2n) is 4.98. The third-order valence-corrected chi connectivity index (χ3v) is 3.72. The molecule has 4 rings (SSSR count). The second kappa shape index (κ2) is 4.50. The summed E-state index contributed by atoms with van der Waals surface area (Å²) in [6, 6.07) is 24.3. The lowest BCUT2D eigenvalue weighted by atomic mass is 10.00. The number of nitriles is 1. The molecule has 0 N–H and O–H groups in total. The van der Waals surface area contributed by atoms with Gasteiger partial charge in [-0.2, -0.15) is 5.26 Å². The van der Waals surface area contributed by atoms with E-state index >= 15 is 0 Å². The van der Waals surface area contributed by atoms with Crippen molar-refractivity contribution in [3.05, 3.63) is 72.5 Å². The van der Waals surface area contributed by atoms with Crippen LogP contribution >= 0.6 is 0 Å². The van der Waals surface area contributed by atoms with Crippen LogP contribution in [0, 0.1) is 11.3 Å². The number of benzene rings is 3. The highest BCUT2D eigenvalue weighted by atomic mass is 16.3. The molecule has 0 radical (unpaired) electrons. The highest BCUT2D eigenvalue weighted by Gasteiger charge is 2.16. The average Bonchev–Trinajstić information content (AvgIpc) is 2.91. The third kappa shape index (κ3) is 1.79. The van der Waals surface area contributed by atoms with Gasteiger partial charge >= 0.3 is 0 Å². The topological polar surface area (TPSA) is 36.9 Å². The summed E-state index contributed by atoms with van der Waals surface area (Å²) in [6.07, 6.45) is 0. The van der Waals surface area contributed by atoms with Gasteiger partial charge in [-0.1, -0.05) is 54.6 Å². The van der Waals surface area contributed by atoms with E-state index in [0.29, 0.717) is 5.76 Å². The summed E-state index contributed by atoms with van der Waals surface area (Å²) in [7, 11) is 0. The fourth-order valence-corrected chi connectivity index (χ4v) is 2.75. The maximum Gasteiger partial charge on any atom is 0.212 e. The molecule has 3 aromatic carbocycles. The molecule has 0 spiro atoms. The van der Waals surface area contributed by atoms with Gasteiger partial charge in [0.1, 0.15) is 11.7 Å². The van der Waals surface area contributed by atoms with Crippen LogP contribution in [-0.2, 0) is 0 Å². The van der Waals surface area contributed by atoms with Crippen LogP contribution in [0.4, 0.5) is 0 Å². The molecule has 0 aliphatic rings.